The number of H-pyrrole nitrogens is 2. The summed E-state index contributed by atoms with van der Waals surface area (Å²) >= 11 is 0. The number of hydrogen-bond acceptors (Lipinski definition) is 4. The Bertz CT molecular complexity index is 461. The Balaban J connectivity index is 2.50. The van der Waals surface area contributed by atoms with E-state index in [0.29, 0.717) is 12.5 Å². The molecule has 0 saturated carbocycles. The van der Waals surface area contributed by atoms with Gasteiger partial charge in [-0.25, -0.2) is 10.3 Å². The third-order valence-electron chi connectivity index (χ3n) is 1.77. The number of aromatic amines is 2. The number of carbonyl (C=O) groups excluding carboxylic acids is 1. The van der Waals surface area contributed by atoms with Gasteiger partial charge in [0.05, 0.1) is 13.0 Å². The van der Waals surface area contributed by atoms with E-state index in [1.54, 1.807) is 0 Å². The van der Waals surface area contributed by atoms with Crippen molar-refractivity contribution in [1.82, 2.24) is 15.4 Å². The van der Waals surface area contributed by atoms with Crippen molar-refractivity contribution in [3.8, 4) is 0 Å². The van der Waals surface area contributed by atoms with Gasteiger partial charge in [-0.2, -0.15) is 0 Å². The second-order valence-corrected chi connectivity index (χ2v) is 4.02. The van der Waals surface area contributed by atoms with Gasteiger partial charge in [-0.1, -0.05) is 13.8 Å². The molecule has 7 nitrogen and oxygen atoms in total. The van der Waals surface area contributed by atoms with Crippen LogP contribution in [-0.4, -0.2) is 22.5 Å². The molecule has 0 spiro atoms. The summed E-state index contributed by atoms with van der Waals surface area (Å²) in [4.78, 5) is 42.5. The van der Waals surface area contributed by atoms with Crippen LogP contribution in [0.4, 0.5) is 0 Å². The monoisotopic (exact) mass is 241 g/mol. The SMILES string of the molecule is CC(C)CONC(=O)Cc1cc(=O)[nH]c(=O)[nH]1. The van der Waals surface area contributed by atoms with Crippen molar-refractivity contribution in [3.05, 3.63) is 32.6 Å². The van der Waals surface area contributed by atoms with E-state index in [9.17, 15) is 14.4 Å². The Morgan fingerprint density at radius 2 is 2.12 bits per heavy atom. The van der Waals surface area contributed by atoms with Crippen molar-refractivity contribution in [2.24, 2.45) is 5.92 Å². The lowest BCUT2D eigenvalue weighted by Gasteiger charge is -2.07. The normalized spacial score (nSPS) is 10.5. The predicted octanol–water partition coefficient (Wildman–Crippen LogP) is -0.690. The lowest BCUT2D eigenvalue weighted by atomic mass is 10.2. The lowest BCUT2D eigenvalue weighted by Crippen LogP contribution is -2.30. The van der Waals surface area contributed by atoms with E-state index < -0.39 is 17.2 Å². The summed E-state index contributed by atoms with van der Waals surface area (Å²) in [6, 6.07) is 1.16. The first kappa shape index (κ1) is 13.2. The Labute approximate surface area is 97.2 Å². The molecule has 7 heteroatoms. The smallest absolute Gasteiger partial charge is 0.311 e. The minimum Gasteiger partial charge on any atom is -0.311 e. The van der Waals surface area contributed by atoms with Gasteiger partial charge in [0.25, 0.3) is 5.56 Å². The number of carbonyl (C=O) groups is 1. The zero-order valence-electron chi connectivity index (χ0n) is 9.70. The fourth-order valence-electron chi connectivity index (χ4n) is 1.11. The van der Waals surface area contributed by atoms with E-state index in [1.165, 1.54) is 0 Å². The van der Waals surface area contributed by atoms with Gasteiger partial charge in [-0.15, -0.1) is 0 Å². The molecule has 94 valence electrons. The van der Waals surface area contributed by atoms with Crippen LogP contribution in [-0.2, 0) is 16.1 Å². The Morgan fingerprint density at radius 3 is 2.71 bits per heavy atom. The summed E-state index contributed by atoms with van der Waals surface area (Å²) < 4.78 is 0. The second-order valence-electron chi connectivity index (χ2n) is 4.02. The summed E-state index contributed by atoms with van der Waals surface area (Å²) in [6.07, 6.45) is -0.114. The maximum Gasteiger partial charge on any atom is 0.325 e. The van der Waals surface area contributed by atoms with Crippen LogP contribution in [0.3, 0.4) is 0 Å². The summed E-state index contributed by atoms with van der Waals surface area (Å²) in [6.45, 7) is 4.29. The molecule has 1 heterocycles. The molecule has 1 amide bonds. The Morgan fingerprint density at radius 1 is 1.41 bits per heavy atom. The number of hydroxylamine groups is 1. The number of aromatic nitrogens is 2. The fraction of sp³-hybridized carbons (Fsp3) is 0.500. The quantitative estimate of drug-likeness (QED) is 0.593. The van der Waals surface area contributed by atoms with Gasteiger partial charge in [-0.3, -0.25) is 19.4 Å². The van der Waals surface area contributed by atoms with Crippen LogP contribution in [0.1, 0.15) is 19.5 Å². The minimum atomic E-state index is -0.636. The highest BCUT2D eigenvalue weighted by molar-refractivity contribution is 5.76. The van der Waals surface area contributed by atoms with Gasteiger partial charge in [0.15, 0.2) is 0 Å². The zero-order valence-corrected chi connectivity index (χ0v) is 9.70. The molecule has 1 aromatic heterocycles. The molecule has 0 bridgehead atoms. The van der Waals surface area contributed by atoms with E-state index in [0.717, 1.165) is 6.07 Å². The molecule has 0 atom stereocenters. The first-order chi connectivity index (χ1) is 7.97. The number of amides is 1. The van der Waals surface area contributed by atoms with E-state index in [1.807, 2.05) is 18.8 Å². The van der Waals surface area contributed by atoms with E-state index in [4.69, 9.17) is 4.84 Å². The lowest BCUT2D eigenvalue weighted by molar-refractivity contribution is -0.133. The van der Waals surface area contributed by atoms with Crippen molar-refractivity contribution < 1.29 is 9.63 Å². The highest BCUT2D eigenvalue weighted by atomic mass is 16.6. The van der Waals surface area contributed by atoms with Gasteiger partial charge in [-0.05, 0) is 5.92 Å². The van der Waals surface area contributed by atoms with E-state index >= 15 is 0 Å². The molecule has 1 rings (SSSR count). The maximum atomic E-state index is 11.3. The molecule has 0 aliphatic carbocycles. The molecule has 17 heavy (non-hydrogen) atoms. The largest absolute Gasteiger partial charge is 0.325 e. The zero-order chi connectivity index (χ0) is 12.8. The average Bonchev–Trinajstić information content (AvgIpc) is 2.14. The number of rotatable bonds is 5. The number of hydrogen-bond donors (Lipinski definition) is 3. The fourth-order valence-corrected chi connectivity index (χ4v) is 1.11. The van der Waals surface area contributed by atoms with Crippen molar-refractivity contribution in [1.29, 1.82) is 0 Å². The van der Waals surface area contributed by atoms with Crippen LogP contribution in [0.25, 0.3) is 0 Å². The second kappa shape index (κ2) is 6.00. The number of nitrogens with one attached hydrogen (secondary N) is 3. The average molecular weight is 241 g/mol. The molecule has 0 radical (unpaired) electrons. The molecule has 3 N–H and O–H groups in total. The first-order valence-corrected chi connectivity index (χ1v) is 5.20. The molecule has 0 aromatic carbocycles. The Hall–Kier alpha value is -1.89. The van der Waals surface area contributed by atoms with Crippen LogP contribution in [0, 0.1) is 5.92 Å². The van der Waals surface area contributed by atoms with Crippen LogP contribution < -0.4 is 16.7 Å². The van der Waals surface area contributed by atoms with Crippen molar-refractivity contribution >= 4 is 5.91 Å². The highest BCUT2D eigenvalue weighted by Gasteiger charge is 2.05. The van der Waals surface area contributed by atoms with Crippen molar-refractivity contribution in [2.45, 2.75) is 20.3 Å². The predicted molar refractivity (Wildman–Crippen MR) is 60.3 cm³/mol. The Kier molecular flexibility index (Phi) is 4.65. The summed E-state index contributed by atoms with van der Waals surface area (Å²) in [5.41, 5.74) is 1.29. The summed E-state index contributed by atoms with van der Waals surface area (Å²) in [5.74, 6) is -0.124. The van der Waals surface area contributed by atoms with E-state index in [2.05, 4.69) is 10.5 Å². The van der Waals surface area contributed by atoms with Crippen molar-refractivity contribution in [3.63, 3.8) is 0 Å². The van der Waals surface area contributed by atoms with Gasteiger partial charge < -0.3 is 4.98 Å². The molecule has 0 saturated heterocycles. The molecule has 0 fully saturated rings. The molecule has 0 aliphatic heterocycles. The topological polar surface area (TPSA) is 104 Å². The van der Waals surface area contributed by atoms with Crippen LogP contribution in [0.2, 0.25) is 0 Å². The summed E-state index contributed by atoms with van der Waals surface area (Å²) in [7, 11) is 0. The first-order valence-electron chi connectivity index (χ1n) is 5.20. The van der Waals surface area contributed by atoms with E-state index in [-0.39, 0.29) is 12.1 Å². The van der Waals surface area contributed by atoms with Gasteiger partial charge in [0.2, 0.25) is 5.91 Å². The van der Waals surface area contributed by atoms with Gasteiger partial charge in [0, 0.05) is 11.8 Å². The minimum absolute atomic E-state index is 0.114. The standard InChI is InChI=1S/C10H15N3O4/c1-6(2)5-17-13-9(15)4-7-3-8(14)12-10(16)11-7/h3,6H,4-5H2,1-2H3,(H,13,15)(H2,11,12,14,16). The highest BCUT2D eigenvalue weighted by Crippen LogP contribution is 1.91. The summed E-state index contributed by atoms with van der Waals surface area (Å²) in [5, 5.41) is 0. The van der Waals surface area contributed by atoms with Crippen LogP contribution in [0.15, 0.2) is 15.7 Å². The molecular formula is C10H15N3O4. The maximum absolute atomic E-state index is 11.3. The molecular weight excluding hydrogens is 226 g/mol. The van der Waals surface area contributed by atoms with Gasteiger partial charge >= 0.3 is 5.69 Å². The third-order valence-corrected chi connectivity index (χ3v) is 1.77. The van der Waals surface area contributed by atoms with Crippen molar-refractivity contribution in [2.75, 3.05) is 6.61 Å². The van der Waals surface area contributed by atoms with Crippen LogP contribution in [0.5, 0.6) is 0 Å². The molecule has 0 unspecified atom stereocenters. The van der Waals surface area contributed by atoms with Gasteiger partial charge in [0.1, 0.15) is 0 Å². The molecule has 1 aromatic rings. The molecule has 0 aliphatic rings. The third kappa shape index (κ3) is 5.12. The van der Waals surface area contributed by atoms with Crippen LogP contribution >= 0.6 is 0 Å².